The molecule has 0 aromatic carbocycles. The Morgan fingerprint density at radius 1 is 1.50 bits per heavy atom. The average Bonchev–Trinajstić information content (AvgIpc) is 2.57. The molecule has 1 unspecified atom stereocenters. The van der Waals surface area contributed by atoms with Gasteiger partial charge in [0.1, 0.15) is 11.9 Å². The summed E-state index contributed by atoms with van der Waals surface area (Å²) >= 11 is 0. The molecule has 0 aromatic rings. The Hall–Kier alpha value is -0.900. The highest BCUT2D eigenvalue weighted by atomic mass is 16.5. The zero-order chi connectivity index (χ0) is 11.0. The normalized spacial score (nSPS) is 16.9. The lowest BCUT2D eigenvalue weighted by atomic mass is 10.4. The molecule has 0 aliphatic heterocycles. The highest BCUT2D eigenvalue weighted by Gasteiger charge is 2.07. The fourth-order valence-electron chi connectivity index (χ4n) is 1.03. The summed E-state index contributed by atoms with van der Waals surface area (Å²) in [5.74, 6) is -0.109. The molecule has 1 aliphatic carbocycles. The number of aliphatic hydroxyl groups excluding tert-OH is 1. The van der Waals surface area contributed by atoms with Gasteiger partial charge < -0.3 is 9.84 Å². The minimum atomic E-state index is -0.991. The van der Waals surface area contributed by atoms with Crippen LogP contribution in [-0.4, -0.2) is 29.6 Å². The van der Waals surface area contributed by atoms with E-state index in [9.17, 15) is 9.59 Å². The summed E-state index contributed by atoms with van der Waals surface area (Å²) in [4.78, 5) is 20.5. The van der Waals surface area contributed by atoms with Crippen LogP contribution in [0.1, 0.15) is 39.5 Å². The van der Waals surface area contributed by atoms with E-state index in [1.54, 1.807) is 6.92 Å². The van der Waals surface area contributed by atoms with Crippen molar-refractivity contribution in [2.75, 3.05) is 6.61 Å². The summed E-state index contributed by atoms with van der Waals surface area (Å²) in [6.07, 6.45) is 2.98. The van der Waals surface area contributed by atoms with Crippen LogP contribution in [0, 0.1) is 0 Å². The number of rotatable bonds is 2. The van der Waals surface area contributed by atoms with Crippen molar-refractivity contribution < 1.29 is 19.4 Å². The molecule has 1 saturated carbocycles. The fraction of sp³-hybridized carbons (Fsp3) is 0.800. The largest absolute Gasteiger partial charge is 0.464 e. The fourth-order valence-corrected chi connectivity index (χ4v) is 1.03. The second kappa shape index (κ2) is 7.50. The zero-order valence-electron chi connectivity index (χ0n) is 8.78. The Labute approximate surface area is 84.3 Å². The number of ketones is 1. The summed E-state index contributed by atoms with van der Waals surface area (Å²) in [6.45, 7) is 3.39. The average molecular weight is 202 g/mol. The third-order valence-electron chi connectivity index (χ3n) is 1.79. The van der Waals surface area contributed by atoms with Crippen molar-refractivity contribution in [3.05, 3.63) is 0 Å². The first-order valence-electron chi connectivity index (χ1n) is 4.94. The molecule has 1 fully saturated rings. The molecule has 1 rings (SSSR count). The minimum Gasteiger partial charge on any atom is -0.464 e. The standard InChI is InChI=1S/C5H10O3.C5H8O/c1-3-8-5(7)4(2)6;6-5-3-1-2-4-5/h4,6H,3H2,1-2H3;1-4H2. The lowest BCUT2D eigenvalue weighted by Crippen LogP contribution is -2.18. The molecular weight excluding hydrogens is 184 g/mol. The summed E-state index contributed by atoms with van der Waals surface area (Å²) in [5, 5.41) is 8.48. The third kappa shape index (κ3) is 6.60. The van der Waals surface area contributed by atoms with Crippen LogP contribution in [-0.2, 0) is 14.3 Å². The van der Waals surface area contributed by atoms with Gasteiger partial charge in [-0.1, -0.05) is 0 Å². The van der Waals surface area contributed by atoms with Gasteiger partial charge in [0, 0.05) is 12.8 Å². The number of Topliss-reactive ketones (excluding diaryl/α,β-unsaturated/α-hetero) is 1. The molecule has 4 heteroatoms. The maximum absolute atomic E-state index is 10.3. The zero-order valence-corrected chi connectivity index (χ0v) is 8.78. The van der Waals surface area contributed by atoms with E-state index in [1.165, 1.54) is 6.92 Å². The smallest absolute Gasteiger partial charge is 0.334 e. The monoisotopic (exact) mass is 202 g/mol. The number of carbonyl (C=O) groups excluding carboxylic acids is 2. The maximum Gasteiger partial charge on any atom is 0.334 e. The van der Waals surface area contributed by atoms with Gasteiger partial charge in [-0.25, -0.2) is 4.79 Å². The molecule has 4 nitrogen and oxygen atoms in total. The molecule has 0 spiro atoms. The van der Waals surface area contributed by atoms with Gasteiger partial charge in [-0.15, -0.1) is 0 Å². The molecule has 14 heavy (non-hydrogen) atoms. The SMILES string of the molecule is CCOC(=O)C(C)O.O=C1CCCC1. The van der Waals surface area contributed by atoms with Gasteiger partial charge >= 0.3 is 5.97 Å². The molecule has 0 radical (unpaired) electrons. The highest BCUT2D eigenvalue weighted by Crippen LogP contribution is 2.11. The Morgan fingerprint density at radius 2 is 2.00 bits per heavy atom. The van der Waals surface area contributed by atoms with Gasteiger partial charge in [0.25, 0.3) is 0 Å². The van der Waals surface area contributed by atoms with Gasteiger partial charge in [-0.3, -0.25) is 4.79 Å². The van der Waals surface area contributed by atoms with Gasteiger partial charge in [0.2, 0.25) is 0 Å². The van der Waals surface area contributed by atoms with E-state index in [4.69, 9.17) is 5.11 Å². The van der Waals surface area contributed by atoms with Gasteiger partial charge in [-0.05, 0) is 26.7 Å². The van der Waals surface area contributed by atoms with Gasteiger partial charge in [0.15, 0.2) is 0 Å². The van der Waals surface area contributed by atoms with Crippen LogP contribution in [0.3, 0.4) is 0 Å². The van der Waals surface area contributed by atoms with Crippen molar-refractivity contribution in [1.29, 1.82) is 0 Å². The van der Waals surface area contributed by atoms with E-state index in [0.717, 1.165) is 25.7 Å². The number of aliphatic hydroxyl groups is 1. The van der Waals surface area contributed by atoms with Gasteiger partial charge in [-0.2, -0.15) is 0 Å². The third-order valence-corrected chi connectivity index (χ3v) is 1.79. The van der Waals surface area contributed by atoms with Crippen molar-refractivity contribution >= 4 is 11.8 Å². The van der Waals surface area contributed by atoms with E-state index >= 15 is 0 Å². The van der Waals surface area contributed by atoms with Crippen LogP contribution in [0.2, 0.25) is 0 Å². The first kappa shape index (κ1) is 13.1. The van der Waals surface area contributed by atoms with Gasteiger partial charge in [0.05, 0.1) is 6.61 Å². The molecule has 1 N–H and O–H groups in total. The van der Waals surface area contributed by atoms with Crippen LogP contribution < -0.4 is 0 Å². The minimum absolute atomic E-state index is 0.323. The highest BCUT2D eigenvalue weighted by molar-refractivity contribution is 5.80. The molecule has 82 valence electrons. The van der Waals surface area contributed by atoms with Crippen molar-refractivity contribution in [3.8, 4) is 0 Å². The second-order valence-corrected chi connectivity index (χ2v) is 3.17. The van der Waals surface area contributed by atoms with Crippen molar-refractivity contribution in [2.24, 2.45) is 0 Å². The number of ether oxygens (including phenoxy) is 1. The summed E-state index contributed by atoms with van der Waals surface area (Å²) in [6, 6.07) is 0. The van der Waals surface area contributed by atoms with E-state index in [2.05, 4.69) is 4.74 Å². The van der Waals surface area contributed by atoms with Crippen molar-refractivity contribution in [2.45, 2.75) is 45.6 Å². The topological polar surface area (TPSA) is 63.6 Å². The van der Waals surface area contributed by atoms with Crippen LogP contribution >= 0.6 is 0 Å². The molecule has 0 saturated heterocycles. The molecule has 1 aliphatic rings. The molecule has 0 heterocycles. The van der Waals surface area contributed by atoms with E-state index in [1.807, 2.05) is 0 Å². The van der Waals surface area contributed by atoms with E-state index < -0.39 is 12.1 Å². The Bertz CT molecular complexity index is 179. The number of hydrogen-bond acceptors (Lipinski definition) is 4. The Morgan fingerprint density at radius 3 is 2.14 bits per heavy atom. The molecule has 0 aromatic heterocycles. The van der Waals surface area contributed by atoms with E-state index in [0.29, 0.717) is 12.4 Å². The van der Waals surface area contributed by atoms with Crippen molar-refractivity contribution in [1.82, 2.24) is 0 Å². The molecule has 0 bridgehead atoms. The molecular formula is C10H18O4. The number of esters is 1. The quantitative estimate of drug-likeness (QED) is 0.680. The maximum atomic E-state index is 10.3. The van der Waals surface area contributed by atoms with E-state index in [-0.39, 0.29) is 0 Å². The summed E-state index contributed by atoms with van der Waals surface area (Å²) in [7, 11) is 0. The van der Waals surface area contributed by atoms with Crippen molar-refractivity contribution in [3.63, 3.8) is 0 Å². The first-order valence-corrected chi connectivity index (χ1v) is 4.94. The van der Waals surface area contributed by atoms with Crippen LogP contribution in [0.4, 0.5) is 0 Å². The predicted molar refractivity (Wildman–Crippen MR) is 51.8 cm³/mol. The lowest BCUT2D eigenvalue weighted by molar-refractivity contribution is -0.151. The first-order chi connectivity index (χ1) is 6.57. The van der Waals surface area contributed by atoms with Crippen LogP contribution in [0.5, 0.6) is 0 Å². The van der Waals surface area contributed by atoms with Crippen LogP contribution in [0.15, 0.2) is 0 Å². The summed E-state index contributed by atoms with van der Waals surface area (Å²) < 4.78 is 4.41. The second-order valence-electron chi connectivity index (χ2n) is 3.17. The Kier molecular flexibility index (Phi) is 7.02. The Balaban J connectivity index is 0.000000249. The number of hydrogen-bond donors (Lipinski definition) is 1. The predicted octanol–water partition coefficient (Wildman–Crippen LogP) is 1.06. The van der Waals surface area contributed by atoms with Crippen LogP contribution in [0.25, 0.3) is 0 Å². The molecule has 1 atom stereocenters. The summed E-state index contributed by atoms with van der Waals surface area (Å²) in [5.41, 5.74) is 0. The molecule has 0 amide bonds. The lowest BCUT2D eigenvalue weighted by Gasteiger charge is -2.01. The number of carbonyl (C=O) groups is 2.